The molecule has 0 amide bonds. The van der Waals surface area contributed by atoms with Crippen molar-refractivity contribution >= 4 is 16.5 Å². The summed E-state index contributed by atoms with van der Waals surface area (Å²) in [7, 11) is -0.992. The summed E-state index contributed by atoms with van der Waals surface area (Å²) in [5, 5.41) is 15.6. The lowest BCUT2D eigenvalue weighted by molar-refractivity contribution is 0.356. The molecule has 4 N–H and O–H groups in total. The molecule has 0 aromatic rings. The van der Waals surface area contributed by atoms with E-state index in [0.717, 1.165) is 12.8 Å². The van der Waals surface area contributed by atoms with Crippen LogP contribution in [0, 0.1) is 5.41 Å². The van der Waals surface area contributed by atoms with Crippen LogP contribution >= 0.6 is 0 Å². The van der Waals surface area contributed by atoms with Crippen molar-refractivity contribution in [3.05, 3.63) is 0 Å². The van der Waals surface area contributed by atoms with Gasteiger partial charge in [-0.25, -0.2) is 0 Å². The van der Waals surface area contributed by atoms with Crippen LogP contribution in [0.4, 0.5) is 0 Å². The average Bonchev–Trinajstić information content (AvgIpc) is 2.05. The normalized spacial score (nSPS) is 12.8. The molecule has 4 nitrogen and oxygen atoms in total. The van der Waals surface area contributed by atoms with Crippen molar-refractivity contribution in [3.63, 3.8) is 0 Å². The minimum atomic E-state index is -0.992. The molecule has 0 radical (unpaired) electrons. The van der Waals surface area contributed by atoms with Gasteiger partial charge < -0.3 is 16.2 Å². The largest absolute Gasteiger partial charge is 0.390 e. The molecule has 0 aromatic heterocycles. The maximum atomic E-state index is 11.1. The van der Waals surface area contributed by atoms with Crippen LogP contribution in [0.1, 0.15) is 12.8 Å². The van der Waals surface area contributed by atoms with Crippen LogP contribution in [0.2, 0.25) is 0 Å². The standard InChI is InChI=1S/C7H16N2O2S/c8-3-1-2-4-12(11)6-7(9)5-10/h9-10H,1-6,8H2/t12-/m0/s1. The van der Waals surface area contributed by atoms with E-state index < -0.39 is 10.8 Å². The molecular formula is C7H16N2O2S. The molecule has 0 saturated carbocycles. The Balaban J connectivity index is 3.40. The van der Waals surface area contributed by atoms with Gasteiger partial charge in [0.2, 0.25) is 0 Å². The topological polar surface area (TPSA) is 87.2 Å². The molecule has 0 aliphatic heterocycles. The number of rotatable bonds is 7. The van der Waals surface area contributed by atoms with Gasteiger partial charge in [-0.15, -0.1) is 0 Å². The molecule has 72 valence electrons. The van der Waals surface area contributed by atoms with E-state index >= 15 is 0 Å². The summed E-state index contributed by atoms with van der Waals surface area (Å²) >= 11 is 0. The first-order chi connectivity index (χ1) is 5.70. The highest BCUT2D eigenvalue weighted by Gasteiger charge is 2.02. The smallest absolute Gasteiger partial charge is 0.0816 e. The molecule has 0 unspecified atom stereocenters. The minimum absolute atomic E-state index is 0.140. The second kappa shape index (κ2) is 7.39. The SMILES string of the molecule is N=C(CO)C[S@@](=O)CCCCN. The van der Waals surface area contributed by atoms with Crippen molar-refractivity contribution in [2.24, 2.45) is 5.73 Å². The summed E-state index contributed by atoms with van der Waals surface area (Å²) in [6, 6.07) is 0. The number of hydrogen-bond donors (Lipinski definition) is 3. The monoisotopic (exact) mass is 192 g/mol. The number of aliphatic hydroxyl groups excluding tert-OH is 1. The Kier molecular flexibility index (Phi) is 7.23. The highest BCUT2D eigenvalue weighted by atomic mass is 32.2. The fourth-order valence-corrected chi connectivity index (χ4v) is 1.87. The van der Waals surface area contributed by atoms with Gasteiger partial charge in [0.05, 0.1) is 12.4 Å². The Morgan fingerprint density at radius 3 is 2.67 bits per heavy atom. The molecule has 0 heterocycles. The first-order valence-electron chi connectivity index (χ1n) is 3.93. The molecule has 0 aliphatic rings. The van der Waals surface area contributed by atoms with Gasteiger partial charge in [-0.1, -0.05) is 0 Å². The minimum Gasteiger partial charge on any atom is -0.390 e. The van der Waals surface area contributed by atoms with Crippen LogP contribution in [0.15, 0.2) is 0 Å². The third kappa shape index (κ3) is 6.45. The Bertz CT molecular complexity index is 161. The van der Waals surface area contributed by atoms with E-state index in [1.54, 1.807) is 0 Å². The summed E-state index contributed by atoms with van der Waals surface area (Å²) in [6.45, 7) is 0.331. The lowest BCUT2D eigenvalue weighted by Gasteiger charge is -2.00. The van der Waals surface area contributed by atoms with Crippen molar-refractivity contribution < 1.29 is 9.32 Å². The van der Waals surface area contributed by atoms with Gasteiger partial charge in [-0.3, -0.25) is 4.21 Å². The van der Waals surface area contributed by atoms with Crippen molar-refractivity contribution in [2.45, 2.75) is 12.8 Å². The second-order valence-electron chi connectivity index (χ2n) is 2.55. The van der Waals surface area contributed by atoms with Crippen molar-refractivity contribution in [2.75, 3.05) is 24.7 Å². The maximum Gasteiger partial charge on any atom is 0.0816 e. The van der Waals surface area contributed by atoms with E-state index in [0.29, 0.717) is 12.3 Å². The zero-order valence-corrected chi connectivity index (χ0v) is 7.90. The fourth-order valence-electron chi connectivity index (χ4n) is 0.720. The Morgan fingerprint density at radius 1 is 1.50 bits per heavy atom. The number of hydrogen-bond acceptors (Lipinski definition) is 4. The lowest BCUT2D eigenvalue weighted by atomic mass is 10.3. The van der Waals surface area contributed by atoms with Crippen molar-refractivity contribution in [1.29, 1.82) is 5.41 Å². The lowest BCUT2D eigenvalue weighted by Crippen LogP contribution is -2.15. The quantitative estimate of drug-likeness (QED) is 0.375. The highest BCUT2D eigenvalue weighted by molar-refractivity contribution is 7.85. The summed E-state index contributed by atoms with van der Waals surface area (Å²) in [6.07, 6.45) is 1.71. The first kappa shape index (κ1) is 11.7. The Hall–Kier alpha value is -0.260. The molecule has 0 aromatic carbocycles. The highest BCUT2D eigenvalue weighted by Crippen LogP contribution is 1.92. The molecule has 0 fully saturated rings. The van der Waals surface area contributed by atoms with Crippen LogP contribution in [0.25, 0.3) is 0 Å². The van der Waals surface area contributed by atoms with E-state index in [4.69, 9.17) is 16.2 Å². The van der Waals surface area contributed by atoms with E-state index in [2.05, 4.69) is 0 Å². The zero-order valence-electron chi connectivity index (χ0n) is 7.08. The van der Waals surface area contributed by atoms with Gasteiger partial charge in [0.1, 0.15) is 0 Å². The van der Waals surface area contributed by atoms with Crippen LogP contribution < -0.4 is 5.73 Å². The van der Waals surface area contributed by atoms with Crippen molar-refractivity contribution in [3.8, 4) is 0 Å². The molecule has 0 aliphatic carbocycles. The average molecular weight is 192 g/mol. The summed E-state index contributed by atoms with van der Waals surface area (Å²) in [4.78, 5) is 0. The predicted molar refractivity (Wildman–Crippen MR) is 51.0 cm³/mol. The molecule has 0 bridgehead atoms. The van der Waals surface area contributed by atoms with Gasteiger partial charge >= 0.3 is 0 Å². The van der Waals surface area contributed by atoms with Gasteiger partial charge in [-0.2, -0.15) is 0 Å². The van der Waals surface area contributed by atoms with Crippen LogP contribution in [-0.2, 0) is 10.8 Å². The van der Waals surface area contributed by atoms with Crippen molar-refractivity contribution in [1.82, 2.24) is 0 Å². The van der Waals surface area contributed by atoms with E-state index in [1.165, 1.54) is 0 Å². The molecule has 0 saturated heterocycles. The number of unbranched alkanes of at least 4 members (excludes halogenated alkanes) is 1. The molecular weight excluding hydrogens is 176 g/mol. The number of nitrogens with two attached hydrogens (primary N) is 1. The number of nitrogens with one attached hydrogen (secondary N) is 1. The van der Waals surface area contributed by atoms with Crippen LogP contribution in [-0.4, -0.2) is 39.7 Å². The molecule has 12 heavy (non-hydrogen) atoms. The third-order valence-electron chi connectivity index (χ3n) is 1.35. The molecule has 0 spiro atoms. The summed E-state index contributed by atoms with van der Waals surface area (Å²) < 4.78 is 11.1. The Morgan fingerprint density at radius 2 is 2.17 bits per heavy atom. The van der Waals surface area contributed by atoms with Gasteiger partial charge in [-0.05, 0) is 19.4 Å². The maximum absolute atomic E-state index is 11.1. The zero-order chi connectivity index (χ0) is 9.40. The van der Waals surface area contributed by atoms with Gasteiger partial charge in [0.15, 0.2) is 0 Å². The summed E-state index contributed by atoms with van der Waals surface area (Å²) in [5.74, 6) is 0.778. The summed E-state index contributed by atoms with van der Waals surface area (Å²) in [5.41, 5.74) is 5.40. The third-order valence-corrected chi connectivity index (χ3v) is 2.77. The fraction of sp³-hybridized carbons (Fsp3) is 0.857. The van der Waals surface area contributed by atoms with Crippen LogP contribution in [0.3, 0.4) is 0 Å². The van der Waals surface area contributed by atoms with Gasteiger partial charge in [0.25, 0.3) is 0 Å². The second-order valence-corrected chi connectivity index (χ2v) is 4.12. The Labute approximate surface area is 75.1 Å². The number of aliphatic hydroxyl groups is 1. The van der Waals surface area contributed by atoms with E-state index in [-0.39, 0.29) is 18.1 Å². The van der Waals surface area contributed by atoms with E-state index in [1.807, 2.05) is 0 Å². The van der Waals surface area contributed by atoms with Crippen LogP contribution in [0.5, 0.6) is 0 Å². The molecule has 5 heteroatoms. The molecule has 0 rings (SSSR count). The van der Waals surface area contributed by atoms with Gasteiger partial charge in [0, 0.05) is 22.3 Å². The molecule has 1 atom stereocenters. The first-order valence-corrected chi connectivity index (χ1v) is 5.41. The predicted octanol–water partition coefficient (Wildman–Crippen LogP) is -0.514. The van der Waals surface area contributed by atoms with E-state index in [9.17, 15) is 4.21 Å².